The molecule has 41 heavy (non-hydrogen) atoms. The maximum atomic E-state index is 4.04. The Hall–Kier alpha value is -2.28. The van der Waals surface area contributed by atoms with Gasteiger partial charge >= 0.3 is 0 Å². The van der Waals surface area contributed by atoms with Crippen LogP contribution in [-0.2, 0) is 6.42 Å². The van der Waals surface area contributed by atoms with Gasteiger partial charge in [0.05, 0.1) is 6.04 Å². The Balaban J connectivity index is 1.56. The first-order valence-electron chi connectivity index (χ1n) is 17.7. The van der Waals surface area contributed by atoms with E-state index < -0.39 is 0 Å². The highest BCUT2D eigenvalue weighted by molar-refractivity contribution is 5.93. The molecule has 0 aliphatic heterocycles. The smallest absolute Gasteiger partial charge is 0.0516 e. The molecule has 0 saturated heterocycles. The molecule has 0 saturated carbocycles. The molecule has 1 nitrogen and oxygen atoms in total. The molecule has 226 valence electrons. The molecule has 0 aliphatic rings. The third kappa shape index (κ3) is 13.1. The van der Waals surface area contributed by atoms with Gasteiger partial charge in [-0.2, -0.15) is 0 Å². The van der Waals surface area contributed by atoms with Crippen molar-refractivity contribution < 1.29 is 0 Å². The van der Waals surface area contributed by atoms with E-state index in [2.05, 4.69) is 85.9 Å². The highest BCUT2D eigenvalue weighted by atomic mass is 14.9. The van der Waals surface area contributed by atoms with E-state index in [-0.39, 0.29) is 0 Å². The lowest BCUT2D eigenvalue weighted by atomic mass is 9.92. The van der Waals surface area contributed by atoms with E-state index in [1.165, 1.54) is 157 Å². The Bertz CT molecular complexity index is 1050. The van der Waals surface area contributed by atoms with Crippen LogP contribution in [0.5, 0.6) is 0 Å². The summed E-state index contributed by atoms with van der Waals surface area (Å²) in [5.41, 5.74) is 4.36. The maximum absolute atomic E-state index is 4.04. The molecule has 3 rings (SSSR count). The summed E-state index contributed by atoms with van der Waals surface area (Å²) in [6.45, 7) is 4.61. The first kappa shape index (κ1) is 33.2. The molecule has 0 spiro atoms. The van der Waals surface area contributed by atoms with Gasteiger partial charge in [0.1, 0.15) is 0 Å². The number of benzene rings is 3. The summed E-state index contributed by atoms with van der Waals surface area (Å²) in [6, 6.07) is 25.2. The average Bonchev–Trinajstić information content (AvgIpc) is 3.01. The van der Waals surface area contributed by atoms with Crippen LogP contribution in [0.1, 0.15) is 159 Å². The second-order valence-corrected chi connectivity index (χ2v) is 12.5. The summed E-state index contributed by atoms with van der Waals surface area (Å²) < 4.78 is 0. The molecular formula is C40H61N. The lowest BCUT2D eigenvalue weighted by Gasteiger charge is -2.24. The van der Waals surface area contributed by atoms with E-state index in [0.29, 0.717) is 6.04 Å². The van der Waals surface area contributed by atoms with Crippen molar-refractivity contribution >= 4 is 16.5 Å². The Kier molecular flexibility index (Phi) is 17.4. The zero-order chi connectivity index (χ0) is 28.8. The normalized spacial score (nSPS) is 12.1. The molecule has 1 unspecified atom stereocenters. The van der Waals surface area contributed by atoms with Gasteiger partial charge in [0.2, 0.25) is 0 Å². The summed E-state index contributed by atoms with van der Waals surface area (Å²) in [4.78, 5) is 0. The molecule has 0 bridgehead atoms. The monoisotopic (exact) mass is 555 g/mol. The zero-order valence-corrected chi connectivity index (χ0v) is 26.8. The van der Waals surface area contributed by atoms with Crippen molar-refractivity contribution in [3.63, 3.8) is 0 Å². The van der Waals surface area contributed by atoms with Crippen molar-refractivity contribution in [3.8, 4) is 0 Å². The number of nitrogens with one attached hydrogen (secondary N) is 1. The number of rotatable bonds is 24. The second kappa shape index (κ2) is 21.4. The summed E-state index contributed by atoms with van der Waals surface area (Å²) in [7, 11) is 0. The third-order valence-corrected chi connectivity index (χ3v) is 8.95. The number of anilines is 1. The van der Waals surface area contributed by atoms with E-state index in [4.69, 9.17) is 0 Å². The molecule has 0 fully saturated rings. The Morgan fingerprint density at radius 2 is 1.00 bits per heavy atom. The van der Waals surface area contributed by atoms with Crippen LogP contribution < -0.4 is 5.32 Å². The van der Waals surface area contributed by atoms with Crippen molar-refractivity contribution in [1.29, 1.82) is 0 Å². The minimum Gasteiger partial charge on any atom is -0.378 e. The molecule has 1 N–H and O–H groups in total. The van der Waals surface area contributed by atoms with E-state index in [0.717, 1.165) is 0 Å². The van der Waals surface area contributed by atoms with Gasteiger partial charge in [-0.05, 0) is 41.8 Å². The first-order chi connectivity index (χ1) is 20.3. The number of hydrogen-bond donors (Lipinski definition) is 1. The van der Waals surface area contributed by atoms with E-state index >= 15 is 0 Å². The Morgan fingerprint density at radius 3 is 1.66 bits per heavy atom. The van der Waals surface area contributed by atoms with Crippen LogP contribution in [0.2, 0.25) is 0 Å². The molecule has 1 atom stereocenters. The molecule has 0 radical (unpaired) electrons. The van der Waals surface area contributed by atoms with Crippen molar-refractivity contribution in [3.05, 3.63) is 77.9 Å². The minimum absolute atomic E-state index is 0.365. The molecule has 1 heteroatoms. The fourth-order valence-corrected chi connectivity index (χ4v) is 6.41. The van der Waals surface area contributed by atoms with Crippen molar-refractivity contribution in [1.82, 2.24) is 0 Å². The van der Waals surface area contributed by atoms with Gasteiger partial charge in [-0.25, -0.2) is 0 Å². The fraction of sp³-hybridized carbons (Fsp3) is 0.600. The molecule has 0 aromatic heterocycles. The van der Waals surface area contributed by atoms with Crippen LogP contribution in [0.15, 0.2) is 66.7 Å². The van der Waals surface area contributed by atoms with Gasteiger partial charge in [0, 0.05) is 11.1 Å². The third-order valence-electron chi connectivity index (χ3n) is 8.95. The van der Waals surface area contributed by atoms with Gasteiger partial charge in [-0.1, -0.05) is 190 Å². The fourth-order valence-electron chi connectivity index (χ4n) is 6.41. The highest BCUT2D eigenvalue weighted by Gasteiger charge is 2.16. The molecule has 3 aromatic carbocycles. The number of aryl methyl sites for hydroxylation is 1. The minimum atomic E-state index is 0.365. The maximum Gasteiger partial charge on any atom is 0.0516 e. The quantitative estimate of drug-likeness (QED) is 0.108. The van der Waals surface area contributed by atoms with Gasteiger partial charge in [0.25, 0.3) is 0 Å². The average molecular weight is 556 g/mol. The van der Waals surface area contributed by atoms with Gasteiger partial charge < -0.3 is 5.32 Å². The summed E-state index contributed by atoms with van der Waals surface area (Å²) >= 11 is 0. The number of hydrogen-bond acceptors (Lipinski definition) is 1. The first-order valence-corrected chi connectivity index (χ1v) is 17.7. The molecule has 0 heterocycles. The van der Waals surface area contributed by atoms with Crippen LogP contribution in [0.4, 0.5) is 5.69 Å². The highest BCUT2D eigenvalue weighted by Crippen LogP contribution is 2.32. The number of fused-ring (bicyclic) bond motifs is 1. The summed E-state index contributed by atoms with van der Waals surface area (Å²) in [5.74, 6) is 0. The van der Waals surface area contributed by atoms with E-state index in [1.54, 1.807) is 5.56 Å². The number of unbranched alkanes of at least 4 members (excludes halogenated alkanes) is 17. The SMILES string of the molecule is CCCCCCCCCCCCc1ccccc1C(CCCCCCCCCCC)Nc1cccc2ccccc12. The molecule has 0 aliphatic carbocycles. The van der Waals surface area contributed by atoms with E-state index in [1.807, 2.05) is 0 Å². The lowest BCUT2D eigenvalue weighted by Crippen LogP contribution is -2.13. The van der Waals surface area contributed by atoms with Crippen LogP contribution in [0, 0.1) is 0 Å². The summed E-state index contributed by atoms with van der Waals surface area (Å²) in [5, 5.41) is 6.69. The molecular weight excluding hydrogens is 494 g/mol. The Labute approximate surface area is 253 Å². The molecule has 3 aromatic rings. The zero-order valence-electron chi connectivity index (χ0n) is 26.8. The van der Waals surface area contributed by atoms with Gasteiger partial charge in [-0.15, -0.1) is 0 Å². The van der Waals surface area contributed by atoms with Gasteiger partial charge in [-0.3, -0.25) is 0 Å². The van der Waals surface area contributed by atoms with Crippen molar-refractivity contribution in [2.45, 2.75) is 155 Å². The lowest BCUT2D eigenvalue weighted by molar-refractivity contribution is 0.539. The largest absolute Gasteiger partial charge is 0.378 e. The van der Waals surface area contributed by atoms with Crippen LogP contribution in [-0.4, -0.2) is 0 Å². The van der Waals surface area contributed by atoms with Crippen LogP contribution >= 0.6 is 0 Å². The van der Waals surface area contributed by atoms with Crippen molar-refractivity contribution in [2.24, 2.45) is 0 Å². The second-order valence-electron chi connectivity index (χ2n) is 12.5. The predicted octanol–water partition coefficient (Wildman–Crippen LogP) is 13.4. The van der Waals surface area contributed by atoms with Gasteiger partial charge in [0.15, 0.2) is 0 Å². The Morgan fingerprint density at radius 1 is 0.488 bits per heavy atom. The summed E-state index contributed by atoms with van der Waals surface area (Å²) in [6.07, 6.45) is 28.8. The predicted molar refractivity (Wildman–Crippen MR) is 184 cm³/mol. The van der Waals surface area contributed by atoms with Crippen LogP contribution in [0.3, 0.4) is 0 Å². The van der Waals surface area contributed by atoms with E-state index in [9.17, 15) is 0 Å². The van der Waals surface area contributed by atoms with Crippen LogP contribution in [0.25, 0.3) is 10.8 Å². The molecule has 0 amide bonds. The topological polar surface area (TPSA) is 12.0 Å². The van der Waals surface area contributed by atoms with Crippen molar-refractivity contribution in [2.75, 3.05) is 5.32 Å². The standard InChI is InChI=1S/C40H61N/c1-3-5-7-9-11-13-15-16-18-20-27-35-28-22-24-31-37(35)39(33-21-19-17-14-12-10-8-6-4-2)41-40-34-26-30-36-29-23-25-32-38(36)40/h22-26,28-32,34,39,41H,3-21,27,33H2,1-2H3.